The lowest BCUT2D eigenvalue weighted by Crippen LogP contribution is -2.23. The molecule has 100 valence electrons. The highest BCUT2D eigenvalue weighted by Crippen LogP contribution is 2.25. The van der Waals surface area contributed by atoms with Crippen molar-refractivity contribution in [3.05, 3.63) is 29.3 Å². The van der Waals surface area contributed by atoms with E-state index in [2.05, 4.69) is 42.7 Å². The van der Waals surface area contributed by atoms with Crippen LogP contribution in [0.4, 0.5) is 5.69 Å². The van der Waals surface area contributed by atoms with Crippen molar-refractivity contribution >= 4 is 5.69 Å². The van der Waals surface area contributed by atoms with Gasteiger partial charge in [0.1, 0.15) is 0 Å². The molecule has 1 heterocycles. The van der Waals surface area contributed by atoms with Crippen LogP contribution in [0.15, 0.2) is 18.2 Å². The molecule has 0 radical (unpaired) electrons. The average Bonchev–Trinajstić information content (AvgIpc) is 2.44. The van der Waals surface area contributed by atoms with E-state index in [4.69, 9.17) is 0 Å². The molecule has 1 aromatic rings. The van der Waals surface area contributed by atoms with E-state index in [9.17, 15) is 0 Å². The molecule has 0 fully saturated rings. The minimum atomic E-state index is 0.817. The van der Waals surface area contributed by atoms with Gasteiger partial charge in [-0.2, -0.15) is 0 Å². The maximum atomic E-state index is 3.61. The summed E-state index contributed by atoms with van der Waals surface area (Å²) in [7, 11) is 0. The molecule has 2 N–H and O–H groups in total. The van der Waals surface area contributed by atoms with Gasteiger partial charge in [0, 0.05) is 18.8 Å². The smallest absolute Gasteiger partial charge is 0.0418 e. The van der Waals surface area contributed by atoms with Crippen LogP contribution in [0.2, 0.25) is 0 Å². The molecule has 0 aliphatic carbocycles. The van der Waals surface area contributed by atoms with Crippen molar-refractivity contribution in [3.8, 4) is 0 Å². The number of fused-ring (bicyclic) bond motifs is 1. The Balaban J connectivity index is 1.93. The summed E-state index contributed by atoms with van der Waals surface area (Å²) in [6.45, 7) is 7.81. The predicted molar refractivity (Wildman–Crippen MR) is 79.0 cm³/mol. The van der Waals surface area contributed by atoms with Gasteiger partial charge in [-0.3, -0.25) is 0 Å². The normalized spacial score (nSPS) is 14.4. The zero-order chi connectivity index (χ0) is 12.8. The van der Waals surface area contributed by atoms with E-state index in [1.165, 1.54) is 42.5 Å². The Bertz CT molecular complexity index is 369. The predicted octanol–water partition coefficient (Wildman–Crippen LogP) is 3.57. The number of hydrogen-bond acceptors (Lipinski definition) is 2. The van der Waals surface area contributed by atoms with E-state index in [0.29, 0.717) is 0 Å². The summed E-state index contributed by atoms with van der Waals surface area (Å²) in [5.74, 6) is 0.817. The third-order valence-electron chi connectivity index (χ3n) is 4.06. The van der Waals surface area contributed by atoms with Gasteiger partial charge in [-0.25, -0.2) is 0 Å². The van der Waals surface area contributed by atoms with Crippen molar-refractivity contribution in [1.82, 2.24) is 5.32 Å². The van der Waals surface area contributed by atoms with Gasteiger partial charge in [0.15, 0.2) is 0 Å². The maximum absolute atomic E-state index is 3.61. The zero-order valence-electron chi connectivity index (χ0n) is 11.8. The molecule has 0 saturated heterocycles. The molecule has 0 atom stereocenters. The van der Waals surface area contributed by atoms with Crippen LogP contribution in [-0.4, -0.2) is 13.1 Å². The monoisotopic (exact) mass is 246 g/mol. The lowest BCUT2D eigenvalue weighted by Gasteiger charge is -2.22. The molecule has 0 amide bonds. The SMILES string of the molecule is CCC(CC)CNCc1cccc2c1NCCC2. The second-order valence-corrected chi connectivity index (χ2v) is 5.30. The Morgan fingerprint density at radius 2 is 2.11 bits per heavy atom. The first-order valence-corrected chi connectivity index (χ1v) is 7.40. The standard InChI is InChI=1S/C16H26N2/c1-3-13(4-2)11-17-12-15-8-5-7-14-9-6-10-18-16(14)15/h5,7-8,13,17-18H,3-4,6,9-12H2,1-2H3. The summed E-state index contributed by atoms with van der Waals surface area (Å²) in [6, 6.07) is 6.70. The first-order chi connectivity index (χ1) is 8.85. The Morgan fingerprint density at radius 1 is 1.28 bits per heavy atom. The summed E-state index contributed by atoms with van der Waals surface area (Å²) in [5, 5.41) is 7.17. The van der Waals surface area contributed by atoms with Gasteiger partial charge in [0.05, 0.1) is 0 Å². The second kappa shape index (κ2) is 6.79. The molecule has 0 bridgehead atoms. The largest absolute Gasteiger partial charge is 0.385 e. The molecular formula is C16H26N2. The second-order valence-electron chi connectivity index (χ2n) is 5.30. The number of aryl methyl sites for hydroxylation is 1. The summed E-state index contributed by atoms with van der Waals surface area (Å²) in [4.78, 5) is 0. The van der Waals surface area contributed by atoms with Crippen LogP contribution < -0.4 is 10.6 Å². The van der Waals surface area contributed by atoms with Crippen molar-refractivity contribution in [2.45, 2.75) is 46.1 Å². The number of benzene rings is 1. The summed E-state index contributed by atoms with van der Waals surface area (Å²) in [5.41, 5.74) is 4.31. The van der Waals surface area contributed by atoms with Crippen LogP contribution in [0.3, 0.4) is 0 Å². The van der Waals surface area contributed by atoms with Crippen molar-refractivity contribution in [1.29, 1.82) is 0 Å². The third-order valence-corrected chi connectivity index (χ3v) is 4.06. The number of hydrogen-bond donors (Lipinski definition) is 2. The number of anilines is 1. The van der Waals surface area contributed by atoms with E-state index >= 15 is 0 Å². The lowest BCUT2D eigenvalue weighted by molar-refractivity contribution is 0.449. The number of para-hydroxylation sites is 1. The summed E-state index contributed by atoms with van der Waals surface area (Å²) < 4.78 is 0. The Hall–Kier alpha value is -1.02. The molecule has 2 heteroatoms. The number of nitrogens with one attached hydrogen (secondary N) is 2. The highest BCUT2D eigenvalue weighted by atomic mass is 14.9. The van der Waals surface area contributed by atoms with E-state index in [1.807, 2.05) is 0 Å². The first-order valence-electron chi connectivity index (χ1n) is 7.40. The van der Waals surface area contributed by atoms with Crippen molar-refractivity contribution in [2.24, 2.45) is 5.92 Å². The first kappa shape index (κ1) is 13.4. The van der Waals surface area contributed by atoms with Gasteiger partial charge in [0.25, 0.3) is 0 Å². The van der Waals surface area contributed by atoms with Gasteiger partial charge in [-0.05, 0) is 36.4 Å². The van der Waals surface area contributed by atoms with Crippen LogP contribution in [0.1, 0.15) is 44.2 Å². The Labute approximate surface area is 111 Å². The molecule has 1 aliphatic heterocycles. The highest BCUT2D eigenvalue weighted by molar-refractivity contribution is 5.59. The lowest BCUT2D eigenvalue weighted by atomic mass is 9.99. The van der Waals surface area contributed by atoms with E-state index < -0.39 is 0 Å². The van der Waals surface area contributed by atoms with Crippen molar-refractivity contribution in [2.75, 3.05) is 18.4 Å². The van der Waals surface area contributed by atoms with E-state index in [1.54, 1.807) is 0 Å². The molecule has 0 spiro atoms. The molecular weight excluding hydrogens is 220 g/mol. The minimum Gasteiger partial charge on any atom is -0.385 e. The fourth-order valence-corrected chi connectivity index (χ4v) is 2.72. The molecule has 1 aliphatic rings. The number of rotatable bonds is 6. The molecule has 2 nitrogen and oxygen atoms in total. The zero-order valence-corrected chi connectivity index (χ0v) is 11.8. The highest BCUT2D eigenvalue weighted by Gasteiger charge is 2.12. The van der Waals surface area contributed by atoms with Gasteiger partial charge in [-0.15, -0.1) is 0 Å². The topological polar surface area (TPSA) is 24.1 Å². The van der Waals surface area contributed by atoms with Gasteiger partial charge < -0.3 is 10.6 Å². The van der Waals surface area contributed by atoms with E-state index in [0.717, 1.165) is 25.6 Å². The van der Waals surface area contributed by atoms with Crippen molar-refractivity contribution < 1.29 is 0 Å². The molecule has 0 aromatic heterocycles. The van der Waals surface area contributed by atoms with Gasteiger partial charge in [0.2, 0.25) is 0 Å². The van der Waals surface area contributed by atoms with Gasteiger partial charge in [-0.1, -0.05) is 44.9 Å². The maximum Gasteiger partial charge on any atom is 0.0418 e. The quantitative estimate of drug-likeness (QED) is 0.802. The minimum absolute atomic E-state index is 0.817. The molecule has 0 unspecified atom stereocenters. The van der Waals surface area contributed by atoms with Crippen LogP contribution in [0.25, 0.3) is 0 Å². The molecule has 18 heavy (non-hydrogen) atoms. The summed E-state index contributed by atoms with van der Waals surface area (Å²) in [6.07, 6.45) is 5.03. The average molecular weight is 246 g/mol. The van der Waals surface area contributed by atoms with Gasteiger partial charge >= 0.3 is 0 Å². The van der Waals surface area contributed by atoms with Crippen LogP contribution in [-0.2, 0) is 13.0 Å². The van der Waals surface area contributed by atoms with Crippen LogP contribution in [0, 0.1) is 5.92 Å². The fourth-order valence-electron chi connectivity index (χ4n) is 2.72. The fraction of sp³-hybridized carbons (Fsp3) is 0.625. The third kappa shape index (κ3) is 3.26. The van der Waals surface area contributed by atoms with Crippen LogP contribution in [0.5, 0.6) is 0 Å². The molecule has 0 saturated carbocycles. The van der Waals surface area contributed by atoms with Crippen LogP contribution >= 0.6 is 0 Å². The molecule has 2 rings (SSSR count). The van der Waals surface area contributed by atoms with E-state index in [-0.39, 0.29) is 0 Å². The Kier molecular flexibility index (Phi) is 5.06. The Morgan fingerprint density at radius 3 is 2.89 bits per heavy atom. The molecule has 1 aromatic carbocycles. The van der Waals surface area contributed by atoms with Crippen molar-refractivity contribution in [3.63, 3.8) is 0 Å². The summed E-state index contributed by atoms with van der Waals surface area (Å²) >= 11 is 0.